The van der Waals surface area contributed by atoms with Crippen molar-refractivity contribution in [2.45, 2.75) is 26.0 Å². The summed E-state index contributed by atoms with van der Waals surface area (Å²) in [5.74, 6) is 0.793. The zero-order valence-corrected chi connectivity index (χ0v) is 13.0. The summed E-state index contributed by atoms with van der Waals surface area (Å²) in [6.07, 6.45) is 0.115. The minimum Gasteiger partial charge on any atom is -0.491 e. The van der Waals surface area contributed by atoms with E-state index in [-0.39, 0.29) is 18.8 Å². The van der Waals surface area contributed by atoms with Gasteiger partial charge < -0.3 is 15.2 Å². The fraction of sp³-hybridized carbons (Fsp3) is 0.294. The van der Waals surface area contributed by atoms with Crippen molar-refractivity contribution in [3.8, 4) is 5.75 Å². The maximum absolute atomic E-state index is 9.66. The highest BCUT2D eigenvalue weighted by Gasteiger charge is 2.12. The summed E-state index contributed by atoms with van der Waals surface area (Å²) in [5.41, 5.74) is 1.75. The molecule has 0 saturated heterocycles. The van der Waals surface area contributed by atoms with Crippen molar-refractivity contribution in [1.82, 2.24) is 0 Å². The molecule has 0 amide bonds. The van der Waals surface area contributed by atoms with Gasteiger partial charge in [-0.1, -0.05) is 35.9 Å². The van der Waals surface area contributed by atoms with Crippen LogP contribution in [-0.4, -0.2) is 17.8 Å². The predicted octanol–water partition coefficient (Wildman–Crippen LogP) is 4.27. The molecule has 0 fully saturated rings. The third kappa shape index (κ3) is 4.38. The molecule has 112 valence electrons. The van der Waals surface area contributed by atoms with Crippen LogP contribution in [0.25, 0.3) is 0 Å². The third-order valence-corrected chi connectivity index (χ3v) is 3.35. The summed E-state index contributed by atoms with van der Waals surface area (Å²) in [5, 5.41) is 13.5. The van der Waals surface area contributed by atoms with Gasteiger partial charge in [0.2, 0.25) is 0 Å². The van der Waals surface area contributed by atoms with Crippen LogP contribution in [0.15, 0.2) is 48.5 Å². The van der Waals surface area contributed by atoms with E-state index in [4.69, 9.17) is 16.3 Å². The van der Waals surface area contributed by atoms with E-state index in [9.17, 15) is 5.11 Å². The van der Waals surface area contributed by atoms with Gasteiger partial charge in [0.1, 0.15) is 5.75 Å². The van der Waals surface area contributed by atoms with Gasteiger partial charge in [-0.3, -0.25) is 0 Å². The van der Waals surface area contributed by atoms with Crippen molar-refractivity contribution in [1.29, 1.82) is 0 Å². The number of rotatable bonds is 6. The molecule has 0 aliphatic carbocycles. The number of aliphatic hydroxyl groups excluding tert-OH is 1. The quantitative estimate of drug-likeness (QED) is 0.837. The van der Waals surface area contributed by atoms with Crippen LogP contribution in [0, 0.1) is 0 Å². The van der Waals surface area contributed by atoms with E-state index < -0.39 is 0 Å². The van der Waals surface area contributed by atoms with Crippen molar-refractivity contribution in [2.24, 2.45) is 0 Å². The summed E-state index contributed by atoms with van der Waals surface area (Å²) < 4.78 is 5.69. The predicted molar refractivity (Wildman–Crippen MR) is 87.1 cm³/mol. The molecule has 2 aromatic carbocycles. The van der Waals surface area contributed by atoms with Gasteiger partial charge in [-0.15, -0.1) is 0 Å². The van der Waals surface area contributed by atoms with Crippen LogP contribution in [0.4, 0.5) is 5.69 Å². The maximum atomic E-state index is 9.66. The Morgan fingerprint density at radius 1 is 1.14 bits per heavy atom. The highest BCUT2D eigenvalue weighted by molar-refractivity contribution is 6.33. The normalized spacial score (nSPS) is 12.2. The molecule has 0 radical (unpaired) electrons. The fourth-order valence-corrected chi connectivity index (χ4v) is 2.27. The van der Waals surface area contributed by atoms with Crippen molar-refractivity contribution in [3.05, 3.63) is 59.1 Å². The molecule has 2 N–H and O–H groups in total. The first-order chi connectivity index (χ1) is 10.1. The van der Waals surface area contributed by atoms with Gasteiger partial charge in [0.05, 0.1) is 29.5 Å². The van der Waals surface area contributed by atoms with Crippen molar-refractivity contribution >= 4 is 17.3 Å². The maximum Gasteiger partial charge on any atom is 0.120 e. The zero-order chi connectivity index (χ0) is 15.2. The van der Waals surface area contributed by atoms with Gasteiger partial charge in [0.25, 0.3) is 0 Å². The van der Waals surface area contributed by atoms with E-state index in [1.54, 1.807) is 0 Å². The van der Waals surface area contributed by atoms with Crippen LogP contribution >= 0.6 is 11.6 Å². The molecule has 0 aromatic heterocycles. The van der Waals surface area contributed by atoms with Gasteiger partial charge >= 0.3 is 0 Å². The standard InChI is InChI=1S/C17H20ClNO2/c1-12(2)21-14-7-5-6-13(10-14)17(11-20)19-16-9-4-3-8-15(16)18/h3-10,12,17,19-20H,11H2,1-2H3. The van der Waals surface area contributed by atoms with Gasteiger partial charge in [-0.2, -0.15) is 0 Å². The van der Waals surface area contributed by atoms with Gasteiger partial charge in [-0.05, 0) is 43.7 Å². The molecule has 2 aromatic rings. The Hall–Kier alpha value is -1.71. The van der Waals surface area contributed by atoms with Crippen LogP contribution in [-0.2, 0) is 0 Å². The van der Waals surface area contributed by atoms with E-state index in [0.29, 0.717) is 5.02 Å². The van der Waals surface area contributed by atoms with E-state index in [2.05, 4.69) is 5.32 Å². The largest absolute Gasteiger partial charge is 0.491 e. The van der Waals surface area contributed by atoms with Gasteiger partial charge in [0.15, 0.2) is 0 Å². The van der Waals surface area contributed by atoms with Crippen LogP contribution in [0.5, 0.6) is 5.75 Å². The lowest BCUT2D eigenvalue weighted by atomic mass is 10.1. The molecule has 1 unspecified atom stereocenters. The van der Waals surface area contributed by atoms with Crippen molar-refractivity contribution in [3.63, 3.8) is 0 Å². The SMILES string of the molecule is CC(C)Oc1cccc(C(CO)Nc2ccccc2Cl)c1. The number of nitrogens with one attached hydrogen (secondary N) is 1. The van der Waals surface area contributed by atoms with E-state index in [1.165, 1.54) is 0 Å². The molecule has 2 rings (SSSR count). The van der Waals surface area contributed by atoms with E-state index in [1.807, 2.05) is 62.4 Å². The topological polar surface area (TPSA) is 41.5 Å². The van der Waals surface area contributed by atoms with E-state index in [0.717, 1.165) is 17.0 Å². The average Bonchev–Trinajstić information content (AvgIpc) is 2.46. The summed E-state index contributed by atoms with van der Waals surface area (Å²) in [7, 11) is 0. The Morgan fingerprint density at radius 3 is 2.57 bits per heavy atom. The van der Waals surface area contributed by atoms with Crippen molar-refractivity contribution < 1.29 is 9.84 Å². The molecule has 3 nitrogen and oxygen atoms in total. The number of ether oxygens (including phenoxy) is 1. The molecule has 21 heavy (non-hydrogen) atoms. The second-order valence-electron chi connectivity index (χ2n) is 5.10. The average molecular weight is 306 g/mol. The zero-order valence-electron chi connectivity index (χ0n) is 12.2. The number of para-hydroxylation sites is 1. The second-order valence-corrected chi connectivity index (χ2v) is 5.51. The summed E-state index contributed by atoms with van der Waals surface area (Å²) in [6, 6.07) is 15.0. The molecular weight excluding hydrogens is 286 g/mol. The number of halogens is 1. The number of benzene rings is 2. The Labute approximate surface area is 130 Å². The fourth-order valence-electron chi connectivity index (χ4n) is 2.08. The van der Waals surface area contributed by atoms with Gasteiger partial charge in [-0.25, -0.2) is 0 Å². The summed E-state index contributed by atoms with van der Waals surface area (Å²) in [6.45, 7) is 3.94. The molecule has 0 aliphatic heterocycles. The van der Waals surface area contributed by atoms with Crippen LogP contribution < -0.4 is 10.1 Å². The summed E-state index contributed by atoms with van der Waals surface area (Å²) in [4.78, 5) is 0. The minimum atomic E-state index is -0.236. The molecule has 4 heteroatoms. The number of hydrogen-bond acceptors (Lipinski definition) is 3. The van der Waals surface area contributed by atoms with Crippen LogP contribution in [0.1, 0.15) is 25.5 Å². The lowest BCUT2D eigenvalue weighted by molar-refractivity contribution is 0.241. The second kappa shape index (κ2) is 7.34. The molecule has 0 bridgehead atoms. The highest BCUT2D eigenvalue weighted by Crippen LogP contribution is 2.27. The molecule has 0 spiro atoms. The number of anilines is 1. The third-order valence-electron chi connectivity index (χ3n) is 3.02. The lowest BCUT2D eigenvalue weighted by Crippen LogP contribution is -2.15. The Kier molecular flexibility index (Phi) is 5.48. The number of hydrogen-bond donors (Lipinski definition) is 2. The van der Waals surface area contributed by atoms with Gasteiger partial charge in [0, 0.05) is 0 Å². The Balaban J connectivity index is 2.19. The Morgan fingerprint density at radius 2 is 1.90 bits per heavy atom. The molecule has 1 atom stereocenters. The lowest BCUT2D eigenvalue weighted by Gasteiger charge is -2.20. The monoisotopic (exact) mass is 305 g/mol. The molecule has 0 aliphatic rings. The first-order valence-corrected chi connectivity index (χ1v) is 7.36. The number of aliphatic hydroxyl groups is 1. The van der Waals surface area contributed by atoms with Crippen LogP contribution in [0.2, 0.25) is 5.02 Å². The first kappa shape index (κ1) is 15.7. The van der Waals surface area contributed by atoms with Crippen LogP contribution in [0.3, 0.4) is 0 Å². The van der Waals surface area contributed by atoms with Crippen molar-refractivity contribution in [2.75, 3.05) is 11.9 Å². The molecular formula is C17H20ClNO2. The summed E-state index contributed by atoms with van der Waals surface area (Å²) >= 11 is 6.14. The van der Waals surface area contributed by atoms with E-state index >= 15 is 0 Å². The smallest absolute Gasteiger partial charge is 0.120 e. The minimum absolute atomic E-state index is 0.0314. The molecule has 0 heterocycles. The first-order valence-electron chi connectivity index (χ1n) is 6.98. The Bertz CT molecular complexity index is 587. The highest BCUT2D eigenvalue weighted by atomic mass is 35.5. The molecule has 0 saturated carbocycles.